The zero-order valence-corrected chi connectivity index (χ0v) is 12.4. The van der Waals surface area contributed by atoms with Crippen LogP contribution in [0, 0.1) is 5.92 Å². The summed E-state index contributed by atoms with van der Waals surface area (Å²) in [6, 6.07) is 6.25. The maximum atomic E-state index is 12.4. The van der Waals surface area contributed by atoms with E-state index in [1.165, 1.54) is 12.1 Å². The van der Waals surface area contributed by atoms with E-state index < -0.39 is 0 Å². The lowest BCUT2D eigenvalue weighted by Gasteiger charge is -2.35. The highest BCUT2D eigenvalue weighted by Gasteiger charge is 2.31. The number of carbonyl (C=O) groups excluding carboxylic acids is 2. The van der Waals surface area contributed by atoms with Crippen LogP contribution in [0.25, 0.3) is 0 Å². The van der Waals surface area contributed by atoms with E-state index in [0.717, 1.165) is 6.42 Å². The van der Waals surface area contributed by atoms with Crippen LogP contribution in [-0.4, -0.2) is 66.1 Å². The van der Waals surface area contributed by atoms with Crippen LogP contribution < -0.4 is 0 Å². The van der Waals surface area contributed by atoms with E-state index in [0.29, 0.717) is 45.0 Å². The molecule has 118 valence electrons. The molecule has 0 aromatic heterocycles. The van der Waals surface area contributed by atoms with Crippen LogP contribution in [0.4, 0.5) is 0 Å². The predicted octanol–water partition coefficient (Wildman–Crippen LogP) is 0.713. The van der Waals surface area contributed by atoms with Gasteiger partial charge in [-0.25, -0.2) is 0 Å². The first kappa shape index (κ1) is 14.8. The third-order valence-electron chi connectivity index (χ3n) is 4.27. The Labute approximate surface area is 129 Å². The van der Waals surface area contributed by atoms with E-state index in [4.69, 9.17) is 4.74 Å². The van der Waals surface area contributed by atoms with Crippen molar-refractivity contribution in [3.63, 3.8) is 0 Å². The normalized spacial score (nSPS) is 21.9. The van der Waals surface area contributed by atoms with Gasteiger partial charge in [0.2, 0.25) is 5.91 Å². The minimum Gasteiger partial charge on any atom is -0.508 e. The molecule has 2 saturated heterocycles. The second-order valence-electron chi connectivity index (χ2n) is 5.72. The fourth-order valence-electron chi connectivity index (χ4n) is 2.90. The van der Waals surface area contributed by atoms with E-state index >= 15 is 0 Å². The average molecular weight is 304 g/mol. The van der Waals surface area contributed by atoms with Gasteiger partial charge >= 0.3 is 0 Å². The standard InChI is InChI=1S/C16H20N2O4/c19-14-3-1-12(2-4-14)15(20)17-6-8-18(9-7-17)16(21)13-5-10-22-11-13/h1-4,13,19H,5-11H2. The van der Waals surface area contributed by atoms with Crippen molar-refractivity contribution in [1.29, 1.82) is 0 Å². The summed E-state index contributed by atoms with van der Waals surface area (Å²) < 4.78 is 5.26. The Hall–Kier alpha value is -2.08. The number of amides is 2. The lowest BCUT2D eigenvalue weighted by Crippen LogP contribution is -2.52. The van der Waals surface area contributed by atoms with Gasteiger partial charge in [0.25, 0.3) is 5.91 Å². The van der Waals surface area contributed by atoms with Crippen molar-refractivity contribution in [1.82, 2.24) is 9.80 Å². The van der Waals surface area contributed by atoms with E-state index in [-0.39, 0.29) is 23.5 Å². The highest BCUT2D eigenvalue weighted by molar-refractivity contribution is 5.94. The molecule has 1 aromatic rings. The van der Waals surface area contributed by atoms with Gasteiger partial charge in [0.15, 0.2) is 0 Å². The van der Waals surface area contributed by atoms with Crippen LogP contribution in [0.3, 0.4) is 0 Å². The second kappa shape index (κ2) is 6.36. The molecule has 0 saturated carbocycles. The van der Waals surface area contributed by atoms with Crippen molar-refractivity contribution in [2.45, 2.75) is 6.42 Å². The van der Waals surface area contributed by atoms with Gasteiger partial charge in [-0.3, -0.25) is 9.59 Å². The lowest BCUT2D eigenvalue weighted by molar-refractivity contribution is -0.137. The number of piperazine rings is 1. The Morgan fingerprint density at radius 3 is 2.27 bits per heavy atom. The summed E-state index contributed by atoms with van der Waals surface area (Å²) >= 11 is 0. The molecule has 2 amide bonds. The van der Waals surface area contributed by atoms with Gasteiger partial charge in [0, 0.05) is 38.3 Å². The SMILES string of the molecule is O=C(c1ccc(O)cc1)N1CCN(C(=O)C2CCOC2)CC1. The molecule has 22 heavy (non-hydrogen) atoms. The minimum absolute atomic E-state index is 0.0145. The van der Waals surface area contributed by atoms with Crippen molar-refractivity contribution in [3.05, 3.63) is 29.8 Å². The molecule has 2 aliphatic heterocycles. The molecule has 2 fully saturated rings. The van der Waals surface area contributed by atoms with Crippen molar-refractivity contribution in [3.8, 4) is 5.75 Å². The zero-order valence-electron chi connectivity index (χ0n) is 12.4. The summed E-state index contributed by atoms with van der Waals surface area (Å²) in [6.45, 7) is 3.40. The molecule has 6 heteroatoms. The maximum absolute atomic E-state index is 12.4. The molecule has 3 rings (SSSR count). The Morgan fingerprint density at radius 1 is 1.05 bits per heavy atom. The van der Waals surface area contributed by atoms with Crippen LogP contribution in [0.2, 0.25) is 0 Å². The summed E-state index contributed by atoms with van der Waals surface area (Å²) in [5, 5.41) is 9.27. The highest BCUT2D eigenvalue weighted by atomic mass is 16.5. The summed E-state index contributed by atoms with van der Waals surface area (Å²) in [6.07, 6.45) is 0.797. The molecule has 1 N–H and O–H groups in total. The van der Waals surface area contributed by atoms with Gasteiger partial charge in [-0.15, -0.1) is 0 Å². The van der Waals surface area contributed by atoms with Gasteiger partial charge in [-0.05, 0) is 30.7 Å². The number of phenols is 1. The molecule has 0 spiro atoms. The smallest absolute Gasteiger partial charge is 0.253 e. The van der Waals surface area contributed by atoms with Crippen LogP contribution in [-0.2, 0) is 9.53 Å². The minimum atomic E-state index is -0.0590. The van der Waals surface area contributed by atoms with Gasteiger partial charge in [0.05, 0.1) is 12.5 Å². The molecule has 2 aliphatic rings. The number of ether oxygens (including phenoxy) is 1. The number of phenolic OH excluding ortho intramolecular Hbond substituents is 1. The first-order valence-corrected chi connectivity index (χ1v) is 7.60. The maximum Gasteiger partial charge on any atom is 0.253 e. The second-order valence-corrected chi connectivity index (χ2v) is 5.72. The van der Waals surface area contributed by atoms with Crippen molar-refractivity contribution in [2.75, 3.05) is 39.4 Å². The van der Waals surface area contributed by atoms with E-state index in [9.17, 15) is 14.7 Å². The fourth-order valence-corrected chi connectivity index (χ4v) is 2.90. The topological polar surface area (TPSA) is 70.1 Å². The molecule has 6 nitrogen and oxygen atoms in total. The average Bonchev–Trinajstić information content (AvgIpc) is 3.09. The van der Waals surface area contributed by atoms with Crippen LogP contribution in [0.1, 0.15) is 16.8 Å². The summed E-state index contributed by atoms with van der Waals surface area (Å²) in [7, 11) is 0. The van der Waals surface area contributed by atoms with Gasteiger partial charge in [0.1, 0.15) is 5.75 Å². The van der Waals surface area contributed by atoms with Crippen LogP contribution in [0.5, 0.6) is 5.75 Å². The van der Waals surface area contributed by atoms with E-state index in [1.807, 2.05) is 4.90 Å². The van der Waals surface area contributed by atoms with E-state index in [2.05, 4.69) is 0 Å². The Balaban J connectivity index is 1.56. The number of nitrogens with zero attached hydrogens (tertiary/aromatic N) is 2. The molecule has 0 aliphatic carbocycles. The van der Waals surface area contributed by atoms with Gasteiger partial charge in [-0.1, -0.05) is 0 Å². The number of hydrogen-bond acceptors (Lipinski definition) is 4. The third-order valence-corrected chi connectivity index (χ3v) is 4.27. The number of aromatic hydroxyl groups is 1. The van der Waals surface area contributed by atoms with Gasteiger partial charge in [-0.2, -0.15) is 0 Å². The third kappa shape index (κ3) is 3.06. The zero-order chi connectivity index (χ0) is 15.5. The predicted molar refractivity (Wildman–Crippen MR) is 79.5 cm³/mol. The summed E-state index contributed by atoms with van der Waals surface area (Å²) in [5.41, 5.74) is 0.557. The molecular weight excluding hydrogens is 284 g/mol. The number of benzene rings is 1. The van der Waals surface area contributed by atoms with Crippen LogP contribution >= 0.6 is 0 Å². The number of carbonyl (C=O) groups is 2. The molecule has 2 heterocycles. The first-order valence-electron chi connectivity index (χ1n) is 7.60. The Bertz CT molecular complexity index is 544. The van der Waals surface area contributed by atoms with Crippen molar-refractivity contribution in [2.24, 2.45) is 5.92 Å². The summed E-state index contributed by atoms with van der Waals surface area (Å²) in [4.78, 5) is 28.2. The fraction of sp³-hybridized carbons (Fsp3) is 0.500. The number of rotatable bonds is 2. The van der Waals surface area contributed by atoms with Crippen LogP contribution in [0.15, 0.2) is 24.3 Å². The summed E-state index contributed by atoms with van der Waals surface area (Å²) in [5.74, 6) is 0.218. The molecule has 0 bridgehead atoms. The highest BCUT2D eigenvalue weighted by Crippen LogP contribution is 2.18. The Kier molecular flexibility index (Phi) is 4.29. The van der Waals surface area contributed by atoms with Gasteiger partial charge < -0.3 is 19.6 Å². The molecule has 0 radical (unpaired) electrons. The molecule has 1 atom stereocenters. The number of hydrogen-bond donors (Lipinski definition) is 1. The molecule has 1 aromatic carbocycles. The van der Waals surface area contributed by atoms with Crippen molar-refractivity contribution >= 4 is 11.8 Å². The molecular formula is C16H20N2O4. The quantitative estimate of drug-likeness (QED) is 0.874. The molecule has 1 unspecified atom stereocenters. The Morgan fingerprint density at radius 2 is 1.68 bits per heavy atom. The lowest BCUT2D eigenvalue weighted by atomic mass is 10.1. The monoisotopic (exact) mass is 304 g/mol. The van der Waals surface area contributed by atoms with E-state index in [1.54, 1.807) is 17.0 Å². The first-order chi connectivity index (χ1) is 10.6. The van der Waals surface area contributed by atoms with Crippen molar-refractivity contribution < 1.29 is 19.4 Å². The largest absolute Gasteiger partial charge is 0.508 e.